The number of fused-ring (bicyclic) bond motifs is 1. The molecule has 2 aromatic heterocycles. The third kappa shape index (κ3) is 2.07. The fourth-order valence-electron chi connectivity index (χ4n) is 3.08. The van der Waals surface area contributed by atoms with Crippen LogP contribution >= 0.6 is 0 Å². The van der Waals surface area contributed by atoms with E-state index in [2.05, 4.69) is 15.0 Å². The van der Waals surface area contributed by atoms with Gasteiger partial charge in [0.25, 0.3) is 5.91 Å². The van der Waals surface area contributed by atoms with Crippen LogP contribution in [0.1, 0.15) is 35.1 Å². The number of aromatic nitrogens is 3. The van der Waals surface area contributed by atoms with Crippen molar-refractivity contribution in [2.24, 2.45) is 0 Å². The summed E-state index contributed by atoms with van der Waals surface area (Å²) in [7, 11) is 0. The molecule has 0 bridgehead atoms. The Bertz CT molecular complexity index is 824. The number of nitrogens with zero attached hydrogens (tertiary/aromatic N) is 2. The second-order valence-electron chi connectivity index (χ2n) is 5.54. The van der Waals surface area contributed by atoms with Crippen molar-refractivity contribution < 1.29 is 9.18 Å². The third-order valence-electron chi connectivity index (χ3n) is 4.14. The van der Waals surface area contributed by atoms with E-state index in [1.54, 1.807) is 24.5 Å². The fourth-order valence-corrected chi connectivity index (χ4v) is 3.08. The van der Waals surface area contributed by atoms with Crippen molar-refractivity contribution in [3.63, 3.8) is 0 Å². The van der Waals surface area contributed by atoms with E-state index in [9.17, 15) is 9.18 Å². The van der Waals surface area contributed by atoms with Crippen LogP contribution in [0.5, 0.6) is 0 Å². The monoisotopic (exact) mass is 298 g/mol. The van der Waals surface area contributed by atoms with Gasteiger partial charge in [0.05, 0.1) is 22.6 Å². The first-order valence-corrected chi connectivity index (χ1v) is 7.31. The van der Waals surface area contributed by atoms with Crippen molar-refractivity contribution in [1.82, 2.24) is 19.9 Å². The summed E-state index contributed by atoms with van der Waals surface area (Å²) < 4.78 is 13.3. The van der Waals surface area contributed by atoms with E-state index in [1.165, 1.54) is 12.1 Å². The van der Waals surface area contributed by atoms with Gasteiger partial charge < -0.3 is 14.9 Å². The number of amides is 1. The van der Waals surface area contributed by atoms with E-state index in [-0.39, 0.29) is 17.8 Å². The first-order valence-electron chi connectivity index (χ1n) is 7.31. The average molecular weight is 298 g/mol. The Kier molecular flexibility index (Phi) is 2.96. The number of carbonyl (C=O) groups excluding carboxylic acids is 1. The van der Waals surface area contributed by atoms with E-state index in [1.807, 2.05) is 4.90 Å². The van der Waals surface area contributed by atoms with Gasteiger partial charge in [-0.15, -0.1) is 0 Å². The van der Waals surface area contributed by atoms with Gasteiger partial charge in [0, 0.05) is 18.9 Å². The van der Waals surface area contributed by atoms with Crippen LogP contribution in [0.25, 0.3) is 11.0 Å². The van der Waals surface area contributed by atoms with Crippen molar-refractivity contribution in [3.8, 4) is 0 Å². The first-order chi connectivity index (χ1) is 10.7. The smallest absolute Gasteiger partial charge is 0.256 e. The minimum atomic E-state index is -0.297. The molecule has 1 amide bonds. The lowest BCUT2D eigenvalue weighted by Gasteiger charge is -2.22. The zero-order valence-corrected chi connectivity index (χ0v) is 11.8. The summed E-state index contributed by atoms with van der Waals surface area (Å²) >= 11 is 0. The van der Waals surface area contributed by atoms with Crippen molar-refractivity contribution in [1.29, 1.82) is 0 Å². The second kappa shape index (κ2) is 4.98. The number of likely N-dealkylation sites (tertiary alicyclic amines) is 1. The van der Waals surface area contributed by atoms with Gasteiger partial charge in [-0.05, 0) is 37.1 Å². The summed E-state index contributed by atoms with van der Waals surface area (Å²) in [5.41, 5.74) is 2.03. The van der Waals surface area contributed by atoms with Gasteiger partial charge in [-0.25, -0.2) is 9.37 Å². The molecule has 1 unspecified atom stereocenters. The maximum absolute atomic E-state index is 13.3. The Morgan fingerprint density at radius 1 is 1.36 bits per heavy atom. The summed E-state index contributed by atoms with van der Waals surface area (Å²) in [6, 6.07) is 6.16. The molecule has 6 heteroatoms. The average Bonchev–Trinajstić information content (AvgIpc) is 3.24. The molecule has 5 nitrogen and oxygen atoms in total. The highest BCUT2D eigenvalue weighted by Gasteiger charge is 2.32. The Labute approximate surface area is 126 Å². The van der Waals surface area contributed by atoms with Gasteiger partial charge in [-0.3, -0.25) is 4.79 Å². The van der Waals surface area contributed by atoms with E-state index in [0.717, 1.165) is 24.2 Å². The third-order valence-corrected chi connectivity index (χ3v) is 4.14. The molecule has 1 atom stereocenters. The number of imidazole rings is 1. The quantitative estimate of drug-likeness (QED) is 0.764. The summed E-state index contributed by atoms with van der Waals surface area (Å²) in [5.74, 6) is 0.423. The maximum Gasteiger partial charge on any atom is 0.256 e. The van der Waals surface area contributed by atoms with Crippen LogP contribution in [0.15, 0.2) is 36.7 Å². The van der Waals surface area contributed by atoms with Crippen LogP contribution in [0.3, 0.4) is 0 Å². The Balaban J connectivity index is 1.68. The van der Waals surface area contributed by atoms with E-state index >= 15 is 0 Å². The number of aromatic amines is 2. The molecule has 112 valence electrons. The Hall–Kier alpha value is -2.63. The van der Waals surface area contributed by atoms with Gasteiger partial charge >= 0.3 is 0 Å². The number of benzene rings is 1. The van der Waals surface area contributed by atoms with Gasteiger partial charge in [-0.2, -0.15) is 0 Å². The van der Waals surface area contributed by atoms with Crippen molar-refractivity contribution in [2.45, 2.75) is 18.9 Å². The normalized spacial score (nSPS) is 18.2. The van der Waals surface area contributed by atoms with Gasteiger partial charge in [0.2, 0.25) is 0 Å². The van der Waals surface area contributed by atoms with Crippen LogP contribution in [-0.2, 0) is 0 Å². The molecule has 1 aromatic carbocycles. The van der Waals surface area contributed by atoms with Crippen molar-refractivity contribution in [2.75, 3.05) is 6.54 Å². The zero-order chi connectivity index (χ0) is 15.1. The van der Waals surface area contributed by atoms with Crippen molar-refractivity contribution >= 4 is 16.9 Å². The minimum absolute atomic E-state index is 0.00427. The molecule has 1 aliphatic heterocycles. The van der Waals surface area contributed by atoms with Crippen LogP contribution in [-0.4, -0.2) is 32.3 Å². The highest BCUT2D eigenvalue weighted by atomic mass is 19.1. The van der Waals surface area contributed by atoms with Gasteiger partial charge in [0.1, 0.15) is 11.6 Å². The molecule has 0 aliphatic carbocycles. The predicted octanol–water partition coefficient (Wildman–Crippen LogP) is 3.01. The number of hydrogen-bond acceptors (Lipinski definition) is 2. The fraction of sp³-hybridized carbons (Fsp3) is 0.250. The highest BCUT2D eigenvalue weighted by Crippen LogP contribution is 2.32. The molecule has 22 heavy (non-hydrogen) atoms. The molecule has 4 rings (SSSR count). The molecule has 1 saturated heterocycles. The number of rotatable bonds is 2. The standard InChI is InChI=1S/C16H15FN4O/c17-11-3-4-12-13(8-11)20-15(19-12)14-2-1-7-21(14)16(22)10-5-6-18-9-10/h3-6,8-9,14,18H,1-2,7H2,(H,19,20). The number of nitrogens with one attached hydrogen (secondary N) is 2. The number of carbonyl (C=O) groups is 1. The molecule has 0 saturated carbocycles. The van der Waals surface area contributed by atoms with Crippen LogP contribution in [0.4, 0.5) is 4.39 Å². The summed E-state index contributed by atoms with van der Waals surface area (Å²) in [6.45, 7) is 0.708. The highest BCUT2D eigenvalue weighted by molar-refractivity contribution is 5.94. The van der Waals surface area contributed by atoms with E-state index in [0.29, 0.717) is 17.6 Å². The Morgan fingerprint density at radius 2 is 2.27 bits per heavy atom. The molecule has 3 aromatic rings. The summed E-state index contributed by atoms with van der Waals surface area (Å²) in [5, 5.41) is 0. The zero-order valence-electron chi connectivity index (χ0n) is 11.8. The maximum atomic E-state index is 13.3. The Morgan fingerprint density at radius 3 is 3.09 bits per heavy atom. The van der Waals surface area contributed by atoms with Crippen LogP contribution in [0, 0.1) is 5.82 Å². The van der Waals surface area contributed by atoms with E-state index in [4.69, 9.17) is 0 Å². The molecule has 0 radical (unpaired) electrons. The van der Waals surface area contributed by atoms with Crippen LogP contribution in [0.2, 0.25) is 0 Å². The van der Waals surface area contributed by atoms with Gasteiger partial charge in [0.15, 0.2) is 0 Å². The predicted molar refractivity (Wildman–Crippen MR) is 79.9 cm³/mol. The van der Waals surface area contributed by atoms with E-state index < -0.39 is 0 Å². The number of halogens is 1. The second-order valence-corrected chi connectivity index (χ2v) is 5.54. The molecule has 2 N–H and O–H groups in total. The summed E-state index contributed by atoms with van der Waals surface area (Å²) in [4.78, 5) is 25.0. The van der Waals surface area contributed by atoms with Gasteiger partial charge in [-0.1, -0.05) is 0 Å². The molecule has 1 fully saturated rings. The molecular weight excluding hydrogens is 283 g/mol. The number of hydrogen-bond donors (Lipinski definition) is 2. The largest absolute Gasteiger partial charge is 0.367 e. The molecule has 0 spiro atoms. The van der Waals surface area contributed by atoms with Crippen LogP contribution < -0.4 is 0 Å². The lowest BCUT2D eigenvalue weighted by molar-refractivity contribution is 0.0731. The number of H-pyrrole nitrogens is 2. The first kappa shape index (κ1) is 13.1. The SMILES string of the molecule is O=C(c1cc[nH]c1)N1CCCC1c1nc2ccc(F)cc2[nH]1. The molecular formula is C16H15FN4O. The lowest BCUT2D eigenvalue weighted by Crippen LogP contribution is -2.30. The topological polar surface area (TPSA) is 64.8 Å². The summed E-state index contributed by atoms with van der Waals surface area (Å²) in [6.07, 6.45) is 5.23. The molecule has 1 aliphatic rings. The molecule has 3 heterocycles. The lowest BCUT2D eigenvalue weighted by atomic mass is 10.2. The van der Waals surface area contributed by atoms with Crippen molar-refractivity contribution in [3.05, 3.63) is 53.9 Å². The minimum Gasteiger partial charge on any atom is -0.367 e.